The molecule has 0 aromatic rings. The molecule has 0 heterocycles. The van der Waals surface area contributed by atoms with Gasteiger partial charge in [0.15, 0.2) is 0 Å². The third kappa shape index (κ3) is 13.5. The highest BCUT2D eigenvalue weighted by molar-refractivity contribution is 5.96. The van der Waals surface area contributed by atoms with Crippen molar-refractivity contribution in [2.24, 2.45) is 17.4 Å². The number of primary amides is 1. The summed E-state index contributed by atoms with van der Waals surface area (Å²) in [5, 5.41) is 33.4. The molecule has 0 bridgehead atoms. The fraction of sp³-hybridized carbons (Fsp3) is 0.650. The first-order valence-electron chi connectivity index (χ1n) is 10.7. The fourth-order valence-electron chi connectivity index (χ4n) is 2.87. The SMILES string of the molecule is CC(C)CC(NC(=O)C(CC(N)=O)NC(=O)C(N)CCC(=O)O)C(=O)NC(CCC(=O)O)C(=O)O. The van der Waals surface area contributed by atoms with E-state index in [0.29, 0.717) is 0 Å². The van der Waals surface area contributed by atoms with Gasteiger partial charge in [-0.1, -0.05) is 13.8 Å². The number of hydrogen-bond donors (Lipinski definition) is 8. The zero-order valence-electron chi connectivity index (χ0n) is 19.5. The molecule has 10 N–H and O–H groups in total. The third-order valence-electron chi connectivity index (χ3n) is 4.65. The highest BCUT2D eigenvalue weighted by Gasteiger charge is 2.31. The van der Waals surface area contributed by atoms with E-state index in [9.17, 15) is 38.7 Å². The molecule has 0 fully saturated rings. The minimum Gasteiger partial charge on any atom is -0.481 e. The summed E-state index contributed by atoms with van der Waals surface area (Å²) in [6, 6.07) is -5.66. The molecule has 0 rings (SSSR count). The second kappa shape index (κ2) is 15.2. The van der Waals surface area contributed by atoms with Crippen LogP contribution in [0.25, 0.3) is 0 Å². The number of carbonyl (C=O) groups is 7. The lowest BCUT2D eigenvalue weighted by molar-refractivity contribution is -0.144. The van der Waals surface area contributed by atoms with Crippen LogP contribution in [0.2, 0.25) is 0 Å². The van der Waals surface area contributed by atoms with E-state index >= 15 is 0 Å². The number of rotatable bonds is 17. The van der Waals surface area contributed by atoms with E-state index in [1.807, 2.05) is 0 Å². The number of nitrogens with two attached hydrogens (primary N) is 2. The Morgan fingerprint density at radius 1 is 0.714 bits per heavy atom. The summed E-state index contributed by atoms with van der Waals surface area (Å²) in [6.45, 7) is 3.44. The molecule has 35 heavy (non-hydrogen) atoms. The van der Waals surface area contributed by atoms with Gasteiger partial charge in [0.05, 0.1) is 12.5 Å². The molecule has 0 radical (unpaired) electrons. The van der Waals surface area contributed by atoms with Gasteiger partial charge in [-0.3, -0.25) is 28.8 Å². The lowest BCUT2D eigenvalue weighted by Gasteiger charge is -2.25. The first-order chi connectivity index (χ1) is 16.1. The monoisotopic (exact) mass is 503 g/mol. The van der Waals surface area contributed by atoms with Crippen molar-refractivity contribution < 1.29 is 48.9 Å². The van der Waals surface area contributed by atoms with Crippen molar-refractivity contribution in [1.29, 1.82) is 0 Å². The summed E-state index contributed by atoms with van der Waals surface area (Å²) in [4.78, 5) is 81.9. The van der Waals surface area contributed by atoms with E-state index in [-0.39, 0.29) is 18.8 Å². The van der Waals surface area contributed by atoms with E-state index < -0.39 is 91.4 Å². The van der Waals surface area contributed by atoms with Gasteiger partial charge in [0.1, 0.15) is 18.1 Å². The van der Waals surface area contributed by atoms with Crippen molar-refractivity contribution in [3.8, 4) is 0 Å². The summed E-state index contributed by atoms with van der Waals surface area (Å²) in [7, 11) is 0. The maximum absolute atomic E-state index is 12.8. The maximum atomic E-state index is 12.8. The molecule has 0 aliphatic carbocycles. The van der Waals surface area contributed by atoms with Crippen molar-refractivity contribution in [2.45, 2.75) is 76.5 Å². The molecular weight excluding hydrogens is 470 g/mol. The van der Waals surface area contributed by atoms with Gasteiger partial charge in [0.25, 0.3) is 0 Å². The van der Waals surface area contributed by atoms with Crippen LogP contribution in [-0.4, -0.2) is 81.0 Å². The predicted molar refractivity (Wildman–Crippen MR) is 118 cm³/mol. The summed E-state index contributed by atoms with van der Waals surface area (Å²) in [5.41, 5.74) is 10.7. The molecular formula is C20H33N5O10. The van der Waals surface area contributed by atoms with Crippen LogP contribution < -0.4 is 27.4 Å². The molecule has 4 unspecified atom stereocenters. The zero-order chi connectivity index (χ0) is 27.3. The molecule has 0 spiro atoms. The van der Waals surface area contributed by atoms with Crippen LogP contribution in [0.1, 0.15) is 52.4 Å². The molecule has 4 atom stereocenters. The Morgan fingerprint density at radius 3 is 1.63 bits per heavy atom. The highest BCUT2D eigenvalue weighted by Crippen LogP contribution is 2.08. The van der Waals surface area contributed by atoms with Crippen LogP contribution in [0.3, 0.4) is 0 Å². The summed E-state index contributed by atoms with van der Waals surface area (Å²) in [6.07, 6.45) is -2.18. The van der Waals surface area contributed by atoms with Gasteiger partial charge >= 0.3 is 17.9 Å². The lowest BCUT2D eigenvalue weighted by atomic mass is 10.0. The standard InChI is InChI=1S/C20H33N5O10/c1-9(2)7-12(18(32)23-11(20(34)35)4-6-16(29)30)25-19(33)13(8-14(22)26)24-17(31)10(21)3-5-15(27)28/h9-13H,3-8,21H2,1-2H3,(H2,22,26)(H,23,32)(H,24,31)(H,25,33)(H,27,28)(H,29,30)(H,34,35). The van der Waals surface area contributed by atoms with Crippen molar-refractivity contribution in [3.05, 3.63) is 0 Å². The zero-order valence-corrected chi connectivity index (χ0v) is 19.5. The van der Waals surface area contributed by atoms with Crippen LogP contribution in [0, 0.1) is 5.92 Å². The molecule has 0 aromatic heterocycles. The molecule has 0 aliphatic rings. The Morgan fingerprint density at radius 2 is 1.17 bits per heavy atom. The van der Waals surface area contributed by atoms with E-state index in [0.717, 1.165) is 0 Å². The summed E-state index contributed by atoms with van der Waals surface area (Å²) >= 11 is 0. The van der Waals surface area contributed by atoms with Gasteiger partial charge in [0, 0.05) is 12.8 Å². The van der Waals surface area contributed by atoms with Crippen LogP contribution in [0.4, 0.5) is 0 Å². The van der Waals surface area contributed by atoms with Gasteiger partial charge in [-0.05, 0) is 25.2 Å². The van der Waals surface area contributed by atoms with Crippen LogP contribution >= 0.6 is 0 Å². The Labute approximate surface area is 201 Å². The first-order valence-corrected chi connectivity index (χ1v) is 10.7. The minimum absolute atomic E-state index is 0.0399. The van der Waals surface area contributed by atoms with Gasteiger partial charge in [-0.25, -0.2) is 4.79 Å². The van der Waals surface area contributed by atoms with Gasteiger partial charge in [-0.2, -0.15) is 0 Å². The fourth-order valence-corrected chi connectivity index (χ4v) is 2.87. The summed E-state index contributed by atoms with van der Waals surface area (Å²) in [5.74, 6) is -7.86. The highest BCUT2D eigenvalue weighted by atomic mass is 16.4. The second-order valence-electron chi connectivity index (χ2n) is 8.29. The van der Waals surface area contributed by atoms with Gasteiger partial charge in [-0.15, -0.1) is 0 Å². The quantitative estimate of drug-likeness (QED) is 0.103. The molecule has 0 aromatic carbocycles. The number of aliphatic carboxylic acids is 3. The van der Waals surface area contributed by atoms with Crippen molar-refractivity contribution in [1.82, 2.24) is 16.0 Å². The van der Waals surface area contributed by atoms with E-state index in [2.05, 4.69) is 16.0 Å². The lowest BCUT2D eigenvalue weighted by Crippen LogP contribution is -2.58. The Bertz CT molecular complexity index is 816. The normalized spacial score (nSPS) is 14.2. The Balaban J connectivity index is 5.51. The molecule has 15 heteroatoms. The Hall–Kier alpha value is -3.75. The first kappa shape index (κ1) is 31.2. The summed E-state index contributed by atoms with van der Waals surface area (Å²) < 4.78 is 0. The van der Waals surface area contributed by atoms with Crippen molar-refractivity contribution in [3.63, 3.8) is 0 Å². The average Bonchev–Trinajstić information content (AvgIpc) is 2.72. The topological polar surface area (TPSA) is 268 Å². The molecule has 4 amide bonds. The number of carboxylic acids is 3. The third-order valence-corrected chi connectivity index (χ3v) is 4.65. The number of carbonyl (C=O) groups excluding carboxylic acids is 4. The largest absolute Gasteiger partial charge is 0.481 e. The molecule has 0 saturated heterocycles. The molecule has 0 aliphatic heterocycles. The maximum Gasteiger partial charge on any atom is 0.326 e. The predicted octanol–water partition coefficient (Wildman–Crippen LogP) is -2.50. The second-order valence-corrected chi connectivity index (χ2v) is 8.29. The molecule has 15 nitrogen and oxygen atoms in total. The number of nitrogens with one attached hydrogen (secondary N) is 3. The van der Waals surface area contributed by atoms with E-state index in [1.165, 1.54) is 0 Å². The average molecular weight is 504 g/mol. The molecule has 0 saturated carbocycles. The van der Waals surface area contributed by atoms with Crippen LogP contribution in [0.15, 0.2) is 0 Å². The van der Waals surface area contributed by atoms with E-state index in [4.69, 9.17) is 21.7 Å². The minimum atomic E-state index is -1.54. The van der Waals surface area contributed by atoms with Gasteiger partial charge < -0.3 is 42.7 Å². The number of carboxylic acid groups (broad SMARTS) is 3. The van der Waals surface area contributed by atoms with Crippen molar-refractivity contribution in [2.75, 3.05) is 0 Å². The smallest absolute Gasteiger partial charge is 0.326 e. The Kier molecular flexibility index (Phi) is 13.6. The van der Waals surface area contributed by atoms with E-state index in [1.54, 1.807) is 13.8 Å². The van der Waals surface area contributed by atoms with Crippen LogP contribution in [-0.2, 0) is 33.6 Å². The molecule has 198 valence electrons. The van der Waals surface area contributed by atoms with Crippen LogP contribution in [0.5, 0.6) is 0 Å². The number of amides is 4. The van der Waals surface area contributed by atoms with Gasteiger partial charge in [0.2, 0.25) is 23.6 Å². The number of hydrogen-bond acceptors (Lipinski definition) is 8. The van der Waals surface area contributed by atoms with Crippen molar-refractivity contribution >= 4 is 41.5 Å².